The lowest BCUT2D eigenvalue weighted by Crippen LogP contribution is -2.51. The lowest BCUT2D eigenvalue weighted by Gasteiger charge is -2.35. The number of benzene rings is 2. The van der Waals surface area contributed by atoms with Crippen LogP contribution < -0.4 is 4.74 Å². The average molecular weight is 463 g/mol. The SMILES string of the molecule is O=C(CCCOc1ccccc1Br)N1CCN(C(=O)Cc2ccc(F)cc2)CC1. The minimum absolute atomic E-state index is 0.00513. The second-order valence-corrected chi connectivity index (χ2v) is 7.80. The van der Waals surface area contributed by atoms with Crippen molar-refractivity contribution < 1.29 is 18.7 Å². The van der Waals surface area contributed by atoms with Crippen LogP contribution in [0.4, 0.5) is 4.39 Å². The van der Waals surface area contributed by atoms with Gasteiger partial charge in [0.05, 0.1) is 17.5 Å². The van der Waals surface area contributed by atoms with Gasteiger partial charge in [-0.2, -0.15) is 0 Å². The Labute approximate surface area is 178 Å². The minimum Gasteiger partial charge on any atom is -0.492 e. The molecule has 2 aromatic rings. The summed E-state index contributed by atoms with van der Waals surface area (Å²) in [6, 6.07) is 13.6. The van der Waals surface area contributed by atoms with Crippen LogP contribution in [0.15, 0.2) is 53.0 Å². The third-order valence-corrected chi connectivity index (χ3v) is 5.54. The highest BCUT2D eigenvalue weighted by atomic mass is 79.9. The van der Waals surface area contributed by atoms with Gasteiger partial charge >= 0.3 is 0 Å². The summed E-state index contributed by atoms with van der Waals surface area (Å²) in [5, 5.41) is 0. The van der Waals surface area contributed by atoms with Crippen LogP contribution in [0.2, 0.25) is 0 Å². The molecule has 1 aliphatic heterocycles. The molecule has 154 valence electrons. The number of amides is 2. The number of para-hydroxylation sites is 1. The fraction of sp³-hybridized carbons (Fsp3) is 0.364. The first-order valence-corrected chi connectivity index (χ1v) is 10.5. The van der Waals surface area contributed by atoms with Crippen molar-refractivity contribution in [3.63, 3.8) is 0 Å². The Morgan fingerprint density at radius 1 is 0.931 bits per heavy atom. The zero-order valence-corrected chi connectivity index (χ0v) is 17.7. The smallest absolute Gasteiger partial charge is 0.227 e. The molecule has 3 rings (SSSR count). The largest absolute Gasteiger partial charge is 0.492 e. The van der Waals surface area contributed by atoms with E-state index in [4.69, 9.17) is 4.74 Å². The zero-order valence-electron chi connectivity index (χ0n) is 16.2. The van der Waals surface area contributed by atoms with Gasteiger partial charge in [0.15, 0.2) is 0 Å². The Morgan fingerprint density at radius 2 is 1.55 bits per heavy atom. The van der Waals surface area contributed by atoms with Crippen LogP contribution in [-0.2, 0) is 16.0 Å². The molecule has 0 saturated carbocycles. The van der Waals surface area contributed by atoms with Gasteiger partial charge < -0.3 is 14.5 Å². The fourth-order valence-corrected chi connectivity index (χ4v) is 3.62. The maximum atomic E-state index is 13.0. The number of carbonyl (C=O) groups is 2. The lowest BCUT2D eigenvalue weighted by molar-refractivity contribution is -0.139. The summed E-state index contributed by atoms with van der Waals surface area (Å²) in [4.78, 5) is 28.4. The van der Waals surface area contributed by atoms with E-state index in [0.29, 0.717) is 45.6 Å². The van der Waals surface area contributed by atoms with Crippen LogP contribution in [0.3, 0.4) is 0 Å². The molecule has 0 N–H and O–H groups in total. The van der Waals surface area contributed by atoms with Crippen molar-refractivity contribution in [3.8, 4) is 5.75 Å². The summed E-state index contributed by atoms with van der Waals surface area (Å²) < 4.78 is 19.6. The van der Waals surface area contributed by atoms with E-state index in [-0.39, 0.29) is 24.1 Å². The van der Waals surface area contributed by atoms with Gasteiger partial charge in [-0.05, 0) is 52.2 Å². The van der Waals surface area contributed by atoms with Crippen molar-refractivity contribution in [2.24, 2.45) is 0 Å². The summed E-state index contributed by atoms with van der Waals surface area (Å²) >= 11 is 3.43. The first kappa shape index (κ1) is 21.3. The first-order valence-electron chi connectivity index (χ1n) is 9.70. The van der Waals surface area contributed by atoms with E-state index in [1.807, 2.05) is 24.3 Å². The van der Waals surface area contributed by atoms with E-state index < -0.39 is 0 Å². The van der Waals surface area contributed by atoms with Crippen LogP contribution in [0, 0.1) is 5.82 Å². The van der Waals surface area contributed by atoms with Crippen LogP contribution in [0.5, 0.6) is 5.75 Å². The second-order valence-electron chi connectivity index (χ2n) is 6.95. The van der Waals surface area contributed by atoms with E-state index in [1.165, 1.54) is 12.1 Å². The molecule has 0 atom stereocenters. The topological polar surface area (TPSA) is 49.9 Å². The molecule has 1 aliphatic rings. The van der Waals surface area contributed by atoms with Crippen molar-refractivity contribution in [2.45, 2.75) is 19.3 Å². The van der Waals surface area contributed by atoms with E-state index in [1.54, 1.807) is 21.9 Å². The molecule has 0 aromatic heterocycles. The Balaban J connectivity index is 1.36. The monoisotopic (exact) mass is 462 g/mol. The Kier molecular flexibility index (Phi) is 7.63. The molecule has 0 radical (unpaired) electrons. The van der Waals surface area contributed by atoms with E-state index in [0.717, 1.165) is 15.8 Å². The third-order valence-electron chi connectivity index (χ3n) is 4.88. The first-order chi connectivity index (χ1) is 14.0. The third kappa shape index (κ3) is 6.29. The summed E-state index contributed by atoms with van der Waals surface area (Å²) in [5.41, 5.74) is 0.792. The molecule has 1 saturated heterocycles. The van der Waals surface area contributed by atoms with Crippen LogP contribution in [0.25, 0.3) is 0 Å². The van der Waals surface area contributed by atoms with Crippen molar-refractivity contribution in [2.75, 3.05) is 32.8 Å². The number of hydrogen-bond donors (Lipinski definition) is 0. The number of piperazine rings is 1. The molecule has 0 aliphatic carbocycles. The number of hydrogen-bond acceptors (Lipinski definition) is 3. The second kappa shape index (κ2) is 10.4. The van der Waals surface area contributed by atoms with Crippen molar-refractivity contribution >= 4 is 27.7 Å². The minimum atomic E-state index is -0.310. The Bertz CT molecular complexity index is 836. The molecule has 2 amide bonds. The molecule has 29 heavy (non-hydrogen) atoms. The van der Waals surface area contributed by atoms with Gasteiger partial charge in [0.2, 0.25) is 11.8 Å². The molecular formula is C22H24BrFN2O3. The lowest BCUT2D eigenvalue weighted by atomic mass is 10.1. The molecule has 1 heterocycles. The Hall–Kier alpha value is -2.41. The van der Waals surface area contributed by atoms with E-state index in [2.05, 4.69) is 15.9 Å². The molecule has 5 nitrogen and oxygen atoms in total. The highest BCUT2D eigenvalue weighted by molar-refractivity contribution is 9.10. The normalized spacial score (nSPS) is 14.0. The van der Waals surface area contributed by atoms with E-state index in [9.17, 15) is 14.0 Å². The standard InChI is InChI=1S/C22H24BrFN2O3/c23-19-4-1-2-5-20(19)29-15-3-6-21(27)25-11-13-26(14-12-25)22(28)16-17-7-9-18(24)10-8-17/h1-2,4-5,7-10H,3,6,11-16H2. The average Bonchev–Trinajstić information content (AvgIpc) is 2.74. The molecular weight excluding hydrogens is 439 g/mol. The van der Waals surface area contributed by atoms with Gasteiger partial charge in [-0.15, -0.1) is 0 Å². The van der Waals surface area contributed by atoms with Gasteiger partial charge in [-0.3, -0.25) is 9.59 Å². The van der Waals surface area contributed by atoms with Gasteiger partial charge in [0, 0.05) is 32.6 Å². The maximum Gasteiger partial charge on any atom is 0.227 e. The van der Waals surface area contributed by atoms with Gasteiger partial charge in [0.1, 0.15) is 11.6 Å². The highest BCUT2D eigenvalue weighted by Crippen LogP contribution is 2.23. The molecule has 0 bridgehead atoms. The molecule has 1 fully saturated rings. The quantitative estimate of drug-likeness (QED) is 0.589. The summed E-state index contributed by atoms with van der Waals surface area (Å²) in [7, 11) is 0. The molecule has 0 unspecified atom stereocenters. The molecule has 2 aromatic carbocycles. The number of rotatable bonds is 7. The van der Waals surface area contributed by atoms with Gasteiger partial charge in [-0.25, -0.2) is 4.39 Å². The maximum absolute atomic E-state index is 13.0. The zero-order chi connectivity index (χ0) is 20.6. The Morgan fingerprint density at radius 3 is 2.21 bits per heavy atom. The van der Waals surface area contributed by atoms with Crippen molar-refractivity contribution in [1.29, 1.82) is 0 Å². The van der Waals surface area contributed by atoms with E-state index >= 15 is 0 Å². The number of halogens is 2. The number of nitrogens with zero attached hydrogens (tertiary/aromatic N) is 2. The van der Waals surface area contributed by atoms with Crippen LogP contribution in [-0.4, -0.2) is 54.4 Å². The summed E-state index contributed by atoms with van der Waals surface area (Å²) in [5.74, 6) is 0.556. The van der Waals surface area contributed by atoms with Gasteiger partial charge in [0.25, 0.3) is 0 Å². The van der Waals surface area contributed by atoms with Crippen molar-refractivity contribution in [3.05, 3.63) is 64.4 Å². The highest BCUT2D eigenvalue weighted by Gasteiger charge is 2.23. The fourth-order valence-electron chi connectivity index (χ4n) is 3.22. The summed E-state index contributed by atoms with van der Waals surface area (Å²) in [6.45, 7) is 2.61. The predicted octanol–water partition coefficient (Wildman–Crippen LogP) is 3.66. The van der Waals surface area contributed by atoms with Crippen LogP contribution in [0.1, 0.15) is 18.4 Å². The summed E-state index contributed by atoms with van der Waals surface area (Å²) in [6.07, 6.45) is 1.32. The van der Waals surface area contributed by atoms with Crippen molar-refractivity contribution in [1.82, 2.24) is 9.80 Å². The number of carbonyl (C=O) groups excluding carboxylic acids is 2. The number of ether oxygens (including phenoxy) is 1. The molecule has 0 spiro atoms. The van der Waals surface area contributed by atoms with Crippen LogP contribution >= 0.6 is 15.9 Å². The van der Waals surface area contributed by atoms with Gasteiger partial charge in [-0.1, -0.05) is 24.3 Å². The molecule has 7 heteroatoms. The predicted molar refractivity (Wildman–Crippen MR) is 112 cm³/mol.